The zero-order valence-corrected chi connectivity index (χ0v) is 14.6. The number of carbonyl (C=O) groups excluding carboxylic acids is 1. The number of hydrogen-bond acceptors (Lipinski definition) is 3. The van der Waals surface area contributed by atoms with Crippen LogP contribution >= 0.6 is 39.1 Å². The van der Waals surface area contributed by atoms with Gasteiger partial charge < -0.3 is 5.32 Å². The van der Waals surface area contributed by atoms with Gasteiger partial charge in [0.1, 0.15) is 10.3 Å². The average Bonchev–Trinajstić information content (AvgIpc) is 3.00. The highest BCUT2D eigenvalue weighted by Crippen LogP contribution is 2.25. The summed E-state index contributed by atoms with van der Waals surface area (Å²) < 4.78 is 2.49. The Morgan fingerprint density at radius 1 is 1.17 bits per heavy atom. The van der Waals surface area contributed by atoms with Gasteiger partial charge in [0.25, 0.3) is 5.91 Å². The van der Waals surface area contributed by atoms with Crippen molar-refractivity contribution in [1.82, 2.24) is 14.8 Å². The number of halogens is 3. The molecular formula is C15H9BrCl2N4O. The lowest BCUT2D eigenvalue weighted by atomic mass is 10.2. The number of nitrogens with zero attached hydrogens (tertiary/aromatic N) is 3. The van der Waals surface area contributed by atoms with Gasteiger partial charge in [0.15, 0.2) is 0 Å². The molecule has 2 heterocycles. The Hall–Kier alpha value is -1.89. The highest BCUT2D eigenvalue weighted by atomic mass is 79.9. The molecule has 3 aromatic rings. The van der Waals surface area contributed by atoms with E-state index in [2.05, 4.69) is 31.3 Å². The maximum Gasteiger partial charge on any atom is 0.255 e. The normalized spacial score (nSPS) is 10.6. The van der Waals surface area contributed by atoms with Crippen LogP contribution in [-0.2, 0) is 0 Å². The number of pyridine rings is 1. The number of carbonyl (C=O) groups is 1. The van der Waals surface area contributed by atoms with Gasteiger partial charge in [-0.2, -0.15) is 5.10 Å². The van der Waals surface area contributed by atoms with Gasteiger partial charge in [0.05, 0.1) is 11.4 Å². The van der Waals surface area contributed by atoms with E-state index in [1.54, 1.807) is 29.2 Å². The van der Waals surface area contributed by atoms with Gasteiger partial charge in [-0.3, -0.25) is 4.79 Å². The molecule has 1 N–H and O–H groups in total. The van der Waals surface area contributed by atoms with Gasteiger partial charge in [-0.15, -0.1) is 0 Å². The zero-order chi connectivity index (χ0) is 16.4. The molecule has 1 aromatic carbocycles. The lowest BCUT2D eigenvalue weighted by Gasteiger charge is -2.12. The van der Waals surface area contributed by atoms with E-state index in [1.165, 1.54) is 12.1 Å². The Kier molecular flexibility index (Phi) is 4.66. The number of amides is 1. The van der Waals surface area contributed by atoms with Crippen LogP contribution in [0.1, 0.15) is 10.4 Å². The monoisotopic (exact) mass is 410 g/mol. The lowest BCUT2D eigenvalue weighted by Crippen LogP contribution is -2.14. The van der Waals surface area contributed by atoms with E-state index < -0.39 is 0 Å². The van der Waals surface area contributed by atoms with Crippen LogP contribution in [-0.4, -0.2) is 20.7 Å². The molecule has 0 aliphatic heterocycles. The molecule has 2 aromatic heterocycles. The fourth-order valence-corrected chi connectivity index (χ4v) is 2.83. The molecule has 0 aliphatic carbocycles. The molecule has 0 saturated heterocycles. The van der Waals surface area contributed by atoms with Crippen molar-refractivity contribution >= 4 is 50.7 Å². The summed E-state index contributed by atoms with van der Waals surface area (Å²) in [4.78, 5) is 16.3. The van der Waals surface area contributed by atoms with Crippen molar-refractivity contribution in [3.8, 4) is 5.69 Å². The summed E-state index contributed by atoms with van der Waals surface area (Å²) in [6, 6.07) is 10.2. The molecule has 0 aliphatic rings. The molecule has 0 unspecified atom stereocenters. The van der Waals surface area contributed by atoms with Crippen LogP contribution in [0.4, 0.5) is 5.69 Å². The van der Waals surface area contributed by atoms with Crippen molar-refractivity contribution in [3.63, 3.8) is 0 Å². The number of aromatic nitrogens is 3. The largest absolute Gasteiger partial charge is 0.320 e. The Morgan fingerprint density at radius 3 is 2.57 bits per heavy atom. The van der Waals surface area contributed by atoms with Gasteiger partial charge in [-0.25, -0.2) is 9.67 Å². The summed E-state index contributed by atoms with van der Waals surface area (Å²) in [6.45, 7) is 0. The lowest BCUT2D eigenvalue weighted by molar-refractivity contribution is 0.102. The quantitative estimate of drug-likeness (QED) is 0.641. The summed E-state index contributed by atoms with van der Waals surface area (Å²) in [7, 11) is 0. The molecule has 23 heavy (non-hydrogen) atoms. The summed E-state index contributed by atoms with van der Waals surface area (Å²) in [5.41, 5.74) is 1.65. The second-order valence-electron chi connectivity index (χ2n) is 4.57. The Bertz CT molecular complexity index is 848. The first-order chi connectivity index (χ1) is 11.0. The number of anilines is 1. The third-order valence-electron chi connectivity index (χ3n) is 2.98. The second-order valence-corrected chi connectivity index (χ2v) is 6.26. The van der Waals surface area contributed by atoms with Crippen molar-refractivity contribution in [2.24, 2.45) is 0 Å². The van der Waals surface area contributed by atoms with Crippen LogP contribution in [0.3, 0.4) is 0 Å². The molecule has 1 amide bonds. The van der Waals surface area contributed by atoms with Crippen molar-refractivity contribution in [1.29, 1.82) is 0 Å². The minimum absolute atomic E-state index is 0.157. The predicted molar refractivity (Wildman–Crippen MR) is 93.5 cm³/mol. The van der Waals surface area contributed by atoms with Gasteiger partial charge in [-0.1, -0.05) is 39.1 Å². The zero-order valence-electron chi connectivity index (χ0n) is 11.5. The molecule has 116 valence electrons. The molecule has 0 fully saturated rings. The first kappa shape index (κ1) is 16.0. The van der Waals surface area contributed by atoms with E-state index >= 15 is 0 Å². The third kappa shape index (κ3) is 3.72. The van der Waals surface area contributed by atoms with Crippen molar-refractivity contribution in [3.05, 3.63) is 69.1 Å². The van der Waals surface area contributed by atoms with Crippen LogP contribution in [0, 0.1) is 0 Å². The number of rotatable bonds is 3. The molecular weight excluding hydrogens is 403 g/mol. The number of benzene rings is 1. The summed E-state index contributed by atoms with van der Waals surface area (Å²) in [6.07, 6.45) is 3.45. The van der Waals surface area contributed by atoms with Gasteiger partial charge in [-0.05, 0) is 36.4 Å². The van der Waals surface area contributed by atoms with Crippen LogP contribution in [0.25, 0.3) is 5.69 Å². The van der Waals surface area contributed by atoms with Crippen molar-refractivity contribution < 1.29 is 4.79 Å². The topological polar surface area (TPSA) is 59.8 Å². The maximum atomic E-state index is 12.5. The van der Waals surface area contributed by atoms with Crippen LogP contribution < -0.4 is 5.32 Å². The van der Waals surface area contributed by atoms with Gasteiger partial charge in [0, 0.05) is 22.4 Å². The standard InChI is InChI=1S/C15H9BrCl2N4O/c16-10-2-3-12(22-5-1-4-19-22)11(8-10)20-15(23)9-6-13(17)21-14(18)7-9/h1-8H,(H,20,23). The average molecular weight is 412 g/mol. The molecule has 5 nitrogen and oxygen atoms in total. The highest BCUT2D eigenvalue weighted by Gasteiger charge is 2.13. The van der Waals surface area contributed by atoms with Crippen LogP contribution in [0.2, 0.25) is 10.3 Å². The minimum Gasteiger partial charge on any atom is -0.320 e. The first-order valence-corrected chi connectivity index (χ1v) is 8.02. The fraction of sp³-hybridized carbons (Fsp3) is 0. The van der Waals surface area contributed by atoms with Gasteiger partial charge in [0.2, 0.25) is 0 Å². The highest BCUT2D eigenvalue weighted by molar-refractivity contribution is 9.10. The Balaban J connectivity index is 1.96. The van der Waals surface area contributed by atoms with E-state index in [1.807, 2.05) is 12.1 Å². The molecule has 0 saturated carbocycles. The van der Waals surface area contributed by atoms with E-state index in [4.69, 9.17) is 23.2 Å². The maximum absolute atomic E-state index is 12.5. The van der Waals surface area contributed by atoms with E-state index in [9.17, 15) is 4.79 Å². The van der Waals surface area contributed by atoms with E-state index in [0.717, 1.165) is 10.2 Å². The molecule has 0 bridgehead atoms. The Labute approximate surface area is 150 Å². The van der Waals surface area contributed by atoms with Crippen LogP contribution in [0.15, 0.2) is 53.3 Å². The molecule has 0 spiro atoms. The van der Waals surface area contributed by atoms with E-state index in [-0.39, 0.29) is 16.2 Å². The fourth-order valence-electron chi connectivity index (χ4n) is 2.01. The summed E-state index contributed by atoms with van der Waals surface area (Å²) >= 11 is 15.1. The van der Waals surface area contributed by atoms with Crippen molar-refractivity contribution in [2.75, 3.05) is 5.32 Å². The smallest absolute Gasteiger partial charge is 0.255 e. The summed E-state index contributed by atoms with van der Waals surface area (Å²) in [5, 5.41) is 7.33. The van der Waals surface area contributed by atoms with E-state index in [0.29, 0.717) is 11.3 Å². The molecule has 0 radical (unpaired) electrons. The summed E-state index contributed by atoms with van der Waals surface area (Å²) in [5.74, 6) is -0.345. The molecule has 0 atom stereocenters. The second kappa shape index (κ2) is 6.70. The van der Waals surface area contributed by atoms with Crippen molar-refractivity contribution in [2.45, 2.75) is 0 Å². The third-order valence-corrected chi connectivity index (χ3v) is 3.86. The first-order valence-electron chi connectivity index (χ1n) is 6.47. The minimum atomic E-state index is -0.345. The van der Waals surface area contributed by atoms with Gasteiger partial charge >= 0.3 is 0 Å². The predicted octanol–water partition coefficient (Wildman–Crippen LogP) is 4.59. The number of hydrogen-bond donors (Lipinski definition) is 1. The van der Waals surface area contributed by atoms with Crippen LogP contribution in [0.5, 0.6) is 0 Å². The Morgan fingerprint density at radius 2 is 1.91 bits per heavy atom. The number of nitrogens with one attached hydrogen (secondary N) is 1. The molecule has 3 rings (SSSR count). The SMILES string of the molecule is O=C(Nc1cc(Br)ccc1-n1cccn1)c1cc(Cl)nc(Cl)c1. The molecule has 8 heteroatoms.